The molecule has 2 rings (SSSR count). The van der Waals surface area contributed by atoms with Crippen molar-refractivity contribution >= 4 is 12.6 Å². The summed E-state index contributed by atoms with van der Waals surface area (Å²) in [5.41, 5.74) is 3.85. The Labute approximate surface area is 134 Å². The van der Waals surface area contributed by atoms with Crippen molar-refractivity contribution in [3.63, 3.8) is 0 Å². The lowest BCUT2D eigenvalue weighted by atomic mass is 9.83. The van der Waals surface area contributed by atoms with Crippen molar-refractivity contribution in [1.29, 1.82) is 0 Å². The maximum atomic E-state index is 10.4. The van der Waals surface area contributed by atoms with E-state index in [1.807, 2.05) is 12.1 Å². The minimum absolute atomic E-state index is 0.281. The second-order valence-corrected chi connectivity index (χ2v) is 6.48. The minimum atomic E-state index is 0.281. The number of benzene rings is 1. The zero-order chi connectivity index (χ0) is 16.5. The van der Waals surface area contributed by atoms with Crippen LogP contribution in [-0.4, -0.2) is 12.6 Å². The molecule has 0 heterocycles. The van der Waals surface area contributed by atoms with Crippen LogP contribution < -0.4 is 0 Å². The molecule has 2 heteroatoms. The molecule has 120 valence electrons. The number of hydrogen-bond acceptors (Lipinski definition) is 2. The zero-order valence-electron chi connectivity index (χ0n) is 14.2. The predicted molar refractivity (Wildman–Crippen MR) is 92.0 cm³/mol. The van der Waals surface area contributed by atoms with E-state index in [9.17, 15) is 9.59 Å². The number of rotatable bonds is 4. The van der Waals surface area contributed by atoms with Gasteiger partial charge in [-0.1, -0.05) is 56.7 Å². The van der Waals surface area contributed by atoms with Crippen molar-refractivity contribution in [3.8, 4) is 0 Å². The summed E-state index contributed by atoms with van der Waals surface area (Å²) in [6.45, 7) is 8.57. The molecule has 2 unspecified atom stereocenters. The standard InChI is InChI=1S/C11H14O.C9H14O/c1-9(2)11-5-3-10(4-6-11)7-8-12;1-7-3-4-9(6-10)8(2)5-7/h3-6,8-9H,7H2,1-2H3;5-6,8-9H,3-4H2,1-2H3. The summed E-state index contributed by atoms with van der Waals surface area (Å²) in [4.78, 5) is 20.6. The van der Waals surface area contributed by atoms with Crippen molar-refractivity contribution in [2.75, 3.05) is 0 Å². The topological polar surface area (TPSA) is 34.1 Å². The summed E-state index contributed by atoms with van der Waals surface area (Å²) in [5, 5.41) is 0. The van der Waals surface area contributed by atoms with Crippen LogP contribution in [0.25, 0.3) is 0 Å². The van der Waals surface area contributed by atoms with Crippen LogP contribution in [0.15, 0.2) is 35.9 Å². The zero-order valence-corrected chi connectivity index (χ0v) is 14.2. The molecule has 0 spiro atoms. The van der Waals surface area contributed by atoms with E-state index in [0.717, 1.165) is 31.0 Å². The van der Waals surface area contributed by atoms with Gasteiger partial charge in [0.1, 0.15) is 12.6 Å². The van der Waals surface area contributed by atoms with Crippen LogP contribution >= 0.6 is 0 Å². The van der Waals surface area contributed by atoms with Crippen LogP contribution in [0.4, 0.5) is 0 Å². The molecule has 2 atom stereocenters. The van der Waals surface area contributed by atoms with Gasteiger partial charge in [-0.15, -0.1) is 0 Å². The first-order valence-corrected chi connectivity index (χ1v) is 8.13. The van der Waals surface area contributed by atoms with Gasteiger partial charge in [-0.3, -0.25) is 0 Å². The highest BCUT2D eigenvalue weighted by Gasteiger charge is 2.18. The molecule has 2 nitrogen and oxygen atoms in total. The molecule has 1 aromatic carbocycles. The van der Waals surface area contributed by atoms with Crippen LogP contribution in [-0.2, 0) is 16.0 Å². The average molecular weight is 300 g/mol. The van der Waals surface area contributed by atoms with Gasteiger partial charge >= 0.3 is 0 Å². The van der Waals surface area contributed by atoms with Gasteiger partial charge in [-0.2, -0.15) is 0 Å². The van der Waals surface area contributed by atoms with Crippen LogP contribution in [0, 0.1) is 11.8 Å². The normalized spacial score (nSPS) is 20.7. The van der Waals surface area contributed by atoms with Gasteiger partial charge in [0.15, 0.2) is 0 Å². The SMILES string of the molecule is CC(C)c1ccc(CC=O)cc1.CC1=CC(C)C(C=O)CC1. The first-order valence-electron chi connectivity index (χ1n) is 8.13. The van der Waals surface area contributed by atoms with Gasteiger partial charge in [-0.25, -0.2) is 0 Å². The fourth-order valence-electron chi connectivity index (χ4n) is 2.64. The lowest BCUT2D eigenvalue weighted by Gasteiger charge is -2.21. The largest absolute Gasteiger partial charge is 0.303 e. The summed E-state index contributed by atoms with van der Waals surface area (Å²) in [6, 6.07) is 8.21. The molecule has 1 aromatic rings. The molecule has 22 heavy (non-hydrogen) atoms. The Kier molecular flexibility index (Phi) is 7.79. The van der Waals surface area contributed by atoms with Gasteiger partial charge in [0.25, 0.3) is 0 Å². The summed E-state index contributed by atoms with van der Waals surface area (Å²) in [7, 11) is 0. The molecule has 0 aromatic heterocycles. The molecule has 0 saturated carbocycles. The predicted octanol–water partition coefficient (Wildman–Crippen LogP) is 4.73. The lowest BCUT2D eigenvalue weighted by Crippen LogP contribution is -2.15. The number of allylic oxidation sites excluding steroid dienone is 2. The lowest BCUT2D eigenvalue weighted by molar-refractivity contribution is -0.112. The molecular weight excluding hydrogens is 272 g/mol. The summed E-state index contributed by atoms with van der Waals surface area (Å²) >= 11 is 0. The highest BCUT2D eigenvalue weighted by Crippen LogP contribution is 2.26. The van der Waals surface area contributed by atoms with Crippen molar-refractivity contribution in [2.24, 2.45) is 11.8 Å². The average Bonchev–Trinajstić information content (AvgIpc) is 2.49. The number of carbonyl (C=O) groups excluding carboxylic acids is 2. The van der Waals surface area contributed by atoms with Crippen molar-refractivity contribution in [1.82, 2.24) is 0 Å². The molecule has 0 amide bonds. The number of carbonyl (C=O) groups is 2. The summed E-state index contributed by atoms with van der Waals surface area (Å²) in [6.07, 6.45) is 6.92. The van der Waals surface area contributed by atoms with Crippen molar-refractivity contribution in [2.45, 2.75) is 52.9 Å². The third kappa shape index (κ3) is 5.97. The Bertz CT molecular complexity index is 497. The van der Waals surface area contributed by atoms with E-state index in [-0.39, 0.29) is 5.92 Å². The molecule has 0 N–H and O–H groups in total. The maximum absolute atomic E-state index is 10.4. The van der Waals surface area contributed by atoms with Crippen LogP contribution in [0.5, 0.6) is 0 Å². The van der Waals surface area contributed by atoms with E-state index < -0.39 is 0 Å². The van der Waals surface area contributed by atoms with Crippen LogP contribution in [0.3, 0.4) is 0 Å². The van der Waals surface area contributed by atoms with Gasteiger partial charge in [-0.05, 0) is 42.7 Å². The highest BCUT2D eigenvalue weighted by atomic mass is 16.1. The Hall–Kier alpha value is -1.70. The maximum Gasteiger partial charge on any atom is 0.124 e. The van der Waals surface area contributed by atoms with E-state index in [0.29, 0.717) is 18.3 Å². The second-order valence-electron chi connectivity index (χ2n) is 6.48. The monoisotopic (exact) mass is 300 g/mol. The Balaban J connectivity index is 0.000000224. The van der Waals surface area contributed by atoms with Crippen molar-refractivity contribution in [3.05, 3.63) is 47.0 Å². The quantitative estimate of drug-likeness (QED) is 0.595. The summed E-state index contributed by atoms with van der Waals surface area (Å²) in [5.74, 6) is 1.31. The van der Waals surface area contributed by atoms with E-state index in [4.69, 9.17) is 0 Å². The smallest absolute Gasteiger partial charge is 0.124 e. The molecule has 0 saturated heterocycles. The molecule has 0 fully saturated rings. The third-order valence-electron chi connectivity index (χ3n) is 4.23. The molecule has 0 bridgehead atoms. The molecular formula is C20H28O2. The van der Waals surface area contributed by atoms with Gasteiger partial charge in [0.2, 0.25) is 0 Å². The Morgan fingerprint density at radius 1 is 1.18 bits per heavy atom. The molecule has 0 aliphatic heterocycles. The van der Waals surface area contributed by atoms with E-state index in [2.05, 4.69) is 45.9 Å². The van der Waals surface area contributed by atoms with Gasteiger partial charge in [0, 0.05) is 12.3 Å². The Morgan fingerprint density at radius 3 is 2.27 bits per heavy atom. The number of hydrogen-bond donors (Lipinski definition) is 0. The fourth-order valence-corrected chi connectivity index (χ4v) is 2.64. The van der Waals surface area contributed by atoms with E-state index >= 15 is 0 Å². The Morgan fingerprint density at radius 2 is 1.82 bits per heavy atom. The fraction of sp³-hybridized carbons (Fsp3) is 0.500. The minimum Gasteiger partial charge on any atom is -0.303 e. The first-order chi connectivity index (χ1) is 10.5. The number of aldehydes is 2. The second kappa shape index (κ2) is 9.34. The van der Waals surface area contributed by atoms with Gasteiger partial charge < -0.3 is 9.59 Å². The molecule has 1 aliphatic rings. The molecule has 0 radical (unpaired) electrons. The van der Waals surface area contributed by atoms with Crippen LogP contribution in [0.2, 0.25) is 0 Å². The highest BCUT2D eigenvalue weighted by molar-refractivity contribution is 5.55. The van der Waals surface area contributed by atoms with Crippen molar-refractivity contribution < 1.29 is 9.59 Å². The van der Waals surface area contributed by atoms with E-state index in [1.54, 1.807) is 0 Å². The van der Waals surface area contributed by atoms with Crippen LogP contribution in [0.1, 0.15) is 57.6 Å². The van der Waals surface area contributed by atoms with E-state index in [1.165, 1.54) is 11.1 Å². The molecule has 1 aliphatic carbocycles. The first kappa shape index (κ1) is 18.3. The van der Waals surface area contributed by atoms with Gasteiger partial charge in [0.05, 0.1) is 0 Å². The summed E-state index contributed by atoms with van der Waals surface area (Å²) < 4.78 is 0. The third-order valence-corrected chi connectivity index (χ3v) is 4.23.